The molecule has 1 saturated heterocycles. The van der Waals surface area contributed by atoms with Gasteiger partial charge in [0, 0.05) is 222 Å². The van der Waals surface area contributed by atoms with Gasteiger partial charge in [0.05, 0.1) is 0 Å². The van der Waals surface area contributed by atoms with Gasteiger partial charge >= 0.3 is 22.5 Å². The summed E-state index contributed by atoms with van der Waals surface area (Å²) in [6, 6.07) is 0. The molecule has 1 N–H and O–H groups in total. The Morgan fingerprint density at radius 1 is 1.00 bits per heavy atom. The van der Waals surface area contributed by atoms with E-state index in [1.165, 1.54) is 0 Å². The van der Waals surface area contributed by atoms with Gasteiger partial charge in [-0.3, -0.25) is 0 Å². The van der Waals surface area contributed by atoms with Gasteiger partial charge < -0.3 is 5.11 Å². The van der Waals surface area contributed by atoms with E-state index < -0.39 is 22.5 Å². The Hall–Kier alpha value is 6.59. The molecule has 0 aromatic heterocycles. The fraction of sp³-hybridized carbons (Fsp3) is 1.00. The molecule has 0 spiro atoms. The van der Waals surface area contributed by atoms with E-state index in [1.54, 1.807) is 0 Å². The summed E-state index contributed by atoms with van der Waals surface area (Å²) < 4.78 is 33.1. The van der Waals surface area contributed by atoms with Gasteiger partial charge in [0.2, 0.25) is 0 Å². The zero-order valence-electron chi connectivity index (χ0n) is 8.88. The summed E-state index contributed by atoms with van der Waals surface area (Å²) >= 11 is 0. The van der Waals surface area contributed by atoms with E-state index >= 15 is 0 Å². The van der Waals surface area contributed by atoms with E-state index in [0.717, 1.165) is 6.92 Å². The van der Waals surface area contributed by atoms with Crippen LogP contribution in [0.5, 0.6) is 0 Å². The summed E-state index contributed by atoms with van der Waals surface area (Å²) in [5, 5.41) is 8.82. The van der Waals surface area contributed by atoms with Gasteiger partial charge in [-0.25, -0.2) is 0 Å². The van der Waals surface area contributed by atoms with Crippen LogP contribution in [0.3, 0.4) is 0 Å². The molecule has 1 aliphatic heterocycles. The maximum atomic E-state index is 10.4. The summed E-state index contributed by atoms with van der Waals surface area (Å²) in [5.41, 5.74) is 0. The monoisotopic (exact) mass is 342 g/mol. The number of aliphatic hydroxyl groups is 1. The smallest absolute Gasteiger partial charge is 0.337 e. The standard InChI is InChI=1S/C2H4O6P2.4K/c1-2(3)6-9(4)8-10(5)7-2;;;;/h3H,1H3;;;;/q+2;;;;. The van der Waals surface area contributed by atoms with Crippen LogP contribution >= 0.6 is 16.5 Å². The van der Waals surface area contributed by atoms with Crippen molar-refractivity contribution in [2.24, 2.45) is 0 Å². The van der Waals surface area contributed by atoms with Crippen molar-refractivity contribution in [3.05, 3.63) is 0 Å². The van der Waals surface area contributed by atoms with Crippen molar-refractivity contribution in [2.45, 2.75) is 12.9 Å². The second-order valence-electron chi connectivity index (χ2n) is 1.61. The molecule has 1 rings (SSSR count). The summed E-state index contributed by atoms with van der Waals surface area (Å²) in [5.74, 6) is -2.07. The van der Waals surface area contributed by atoms with Crippen LogP contribution in [0.1, 0.15) is 6.92 Å². The van der Waals surface area contributed by atoms with Crippen LogP contribution in [0.4, 0.5) is 0 Å². The van der Waals surface area contributed by atoms with Crippen LogP contribution in [0.15, 0.2) is 0 Å². The minimum atomic E-state index is -2.53. The Balaban J connectivity index is -0.000000125. The SMILES string of the molecule is CC1(O)O[P+](=O)O[P+](=O)O1.[K].[K].[K].[K]. The molecule has 12 heteroatoms. The van der Waals surface area contributed by atoms with E-state index in [4.69, 9.17) is 5.11 Å². The fourth-order valence-corrected chi connectivity index (χ4v) is 1.77. The molecule has 0 saturated carbocycles. The average molecular weight is 342 g/mol. The maximum Gasteiger partial charge on any atom is 0.753 e. The molecule has 1 fully saturated rings. The molecule has 0 bridgehead atoms. The molecular formula is C2H4K4O6P2+2. The Labute approximate surface area is 254 Å². The summed E-state index contributed by atoms with van der Waals surface area (Å²) in [7, 11) is -5.06. The quantitative estimate of drug-likeness (QED) is 0.472. The molecule has 14 heavy (non-hydrogen) atoms. The van der Waals surface area contributed by atoms with E-state index in [2.05, 4.69) is 13.4 Å². The molecule has 0 aromatic rings. The van der Waals surface area contributed by atoms with Crippen LogP contribution in [0.2, 0.25) is 0 Å². The maximum absolute atomic E-state index is 10.4. The van der Waals surface area contributed by atoms with E-state index in [1.807, 2.05) is 0 Å². The normalized spacial score (nSPS) is 29.9. The molecule has 1 heterocycles. The second-order valence-corrected chi connectivity index (χ2v) is 3.52. The van der Waals surface area contributed by atoms with Crippen LogP contribution in [-0.4, -0.2) is 217 Å². The first-order chi connectivity index (χ1) is 4.49. The van der Waals surface area contributed by atoms with Crippen LogP contribution in [0, 0.1) is 0 Å². The molecule has 60 valence electrons. The Morgan fingerprint density at radius 3 is 1.50 bits per heavy atom. The summed E-state index contributed by atoms with van der Waals surface area (Å²) in [4.78, 5) is 0. The predicted octanol–water partition coefficient (Wildman–Crippen LogP) is -0.493. The van der Waals surface area contributed by atoms with Crippen molar-refractivity contribution in [2.75, 3.05) is 0 Å². The topological polar surface area (TPSA) is 82.1 Å². The molecular weight excluding hydrogens is 338 g/mol. The zero-order chi connectivity index (χ0) is 7.78. The first-order valence-electron chi connectivity index (χ1n) is 2.23. The van der Waals surface area contributed by atoms with Gasteiger partial charge in [0.1, 0.15) is 0 Å². The number of hydrogen-bond acceptors (Lipinski definition) is 6. The molecule has 2 atom stereocenters. The first-order valence-corrected chi connectivity index (χ1v) is 4.42. The third-order valence-electron chi connectivity index (χ3n) is 0.621. The second kappa shape index (κ2) is 14.5. The van der Waals surface area contributed by atoms with Crippen LogP contribution < -0.4 is 0 Å². The average Bonchev–Trinajstić information content (AvgIpc) is 1.54. The molecule has 0 amide bonds. The number of rotatable bonds is 0. The van der Waals surface area contributed by atoms with Gasteiger partial charge in [-0.1, -0.05) is 0 Å². The third kappa shape index (κ3) is 13.6. The van der Waals surface area contributed by atoms with Crippen LogP contribution in [0.25, 0.3) is 0 Å². The minimum Gasteiger partial charge on any atom is -0.337 e. The van der Waals surface area contributed by atoms with Gasteiger partial charge in [-0.05, 0) is 9.05 Å². The fourth-order valence-electron chi connectivity index (χ4n) is 0.381. The van der Waals surface area contributed by atoms with Crippen LogP contribution in [-0.2, 0) is 22.5 Å². The Kier molecular flexibility index (Phi) is 29.8. The summed E-state index contributed by atoms with van der Waals surface area (Å²) in [6.45, 7) is 1.07. The van der Waals surface area contributed by atoms with Gasteiger partial charge in [-0.15, -0.1) is 0 Å². The third-order valence-corrected chi connectivity index (χ3v) is 2.66. The van der Waals surface area contributed by atoms with Crippen molar-refractivity contribution in [3.63, 3.8) is 0 Å². The van der Waals surface area contributed by atoms with Gasteiger partial charge in [0.15, 0.2) is 4.31 Å². The van der Waals surface area contributed by atoms with Crippen molar-refractivity contribution in [1.82, 2.24) is 0 Å². The van der Waals surface area contributed by atoms with Crippen molar-refractivity contribution in [1.29, 1.82) is 0 Å². The largest absolute Gasteiger partial charge is 0.753 e. The molecule has 0 aliphatic carbocycles. The molecule has 4 radical (unpaired) electrons. The Morgan fingerprint density at radius 2 is 1.29 bits per heavy atom. The minimum absolute atomic E-state index is 0. The number of hydrogen-bond donors (Lipinski definition) is 1. The van der Waals surface area contributed by atoms with Crippen molar-refractivity contribution in [3.8, 4) is 0 Å². The van der Waals surface area contributed by atoms with E-state index in [-0.39, 0.29) is 206 Å². The van der Waals surface area contributed by atoms with E-state index in [0.29, 0.717) is 0 Å². The summed E-state index contributed by atoms with van der Waals surface area (Å²) in [6.07, 6.45) is 0. The molecule has 2 unspecified atom stereocenters. The molecule has 6 nitrogen and oxygen atoms in total. The van der Waals surface area contributed by atoms with E-state index in [9.17, 15) is 9.13 Å². The van der Waals surface area contributed by atoms with Gasteiger partial charge in [0.25, 0.3) is 0 Å². The molecule has 1 aliphatic rings. The van der Waals surface area contributed by atoms with Crippen molar-refractivity contribution >= 4 is 222 Å². The predicted molar refractivity (Wildman–Crippen MR) is 52.1 cm³/mol. The zero-order valence-corrected chi connectivity index (χ0v) is 23.2. The van der Waals surface area contributed by atoms with Crippen molar-refractivity contribution < 1.29 is 27.6 Å². The van der Waals surface area contributed by atoms with Gasteiger partial charge in [-0.2, -0.15) is 0 Å². The molecule has 0 aromatic carbocycles. The Bertz CT molecular complexity index is 180. The first kappa shape index (κ1) is 28.7.